The Morgan fingerprint density at radius 3 is 2.88 bits per heavy atom. The van der Waals surface area contributed by atoms with Crippen molar-refractivity contribution in [3.63, 3.8) is 0 Å². The van der Waals surface area contributed by atoms with Gasteiger partial charge in [0.2, 0.25) is 5.91 Å². The van der Waals surface area contributed by atoms with Crippen molar-refractivity contribution in [1.29, 1.82) is 0 Å². The molecule has 0 atom stereocenters. The highest BCUT2D eigenvalue weighted by Gasteiger charge is 2.19. The van der Waals surface area contributed by atoms with E-state index in [1.165, 1.54) is 12.1 Å². The highest BCUT2D eigenvalue weighted by molar-refractivity contribution is 5.95. The third-order valence-electron chi connectivity index (χ3n) is 2.97. The molecule has 1 amide bonds. The number of anilines is 2. The first kappa shape index (κ1) is 11.9. The molecule has 1 aliphatic rings. The average molecular weight is 236 g/mol. The van der Waals surface area contributed by atoms with E-state index in [0.717, 1.165) is 18.7 Å². The highest BCUT2D eigenvalue weighted by Crippen LogP contribution is 2.30. The Hall–Kier alpha value is -1.58. The summed E-state index contributed by atoms with van der Waals surface area (Å²) in [6.07, 6.45) is 1.31. The Balaban J connectivity index is 2.44. The summed E-state index contributed by atoms with van der Waals surface area (Å²) >= 11 is 0. The quantitative estimate of drug-likeness (QED) is 0.813. The topological polar surface area (TPSA) is 32.3 Å². The van der Waals surface area contributed by atoms with Crippen LogP contribution in [0.4, 0.5) is 15.8 Å². The van der Waals surface area contributed by atoms with E-state index < -0.39 is 0 Å². The lowest BCUT2D eigenvalue weighted by Crippen LogP contribution is -2.34. The number of nitrogens with zero attached hydrogens (tertiary/aromatic N) is 1. The molecular weight excluding hydrogens is 219 g/mol. The average Bonchev–Trinajstić information content (AvgIpc) is 2.22. The standard InChI is InChI=1S/C13H17FN2O/c1-9(2)16-7-3-4-13(17)15-11-8-10(14)5-6-12(11)16/h5-6,8-9H,3-4,7H2,1-2H3,(H,15,17). The second-order valence-corrected chi connectivity index (χ2v) is 4.60. The number of carbonyl (C=O) groups is 1. The minimum Gasteiger partial charge on any atom is -0.367 e. The molecule has 0 fully saturated rings. The molecular formula is C13H17FN2O. The summed E-state index contributed by atoms with van der Waals surface area (Å²) in [6, 6.07) is 4.88. The van der Waals surface area contributed by atoms with Gasteiger partial charge >= 0.3 is 0 Å². The van der Waals surface area contributed by atoms with Gasteiger partial charge in [-0.05, 0) is 38.5 Å². The predicted octanol–water partition coefficient (Wildman–Crippen LogP) is 2.77. The molecule has 17 heavy (non-hydrogen) atoms. The first-order valence-electron chi connectivity index (χ1n) is 5.94. The number of nitrogens with one attached hydrogen (secondary N) is 1. The molecule has 1 aromatic rings. The Bertz CT molecular complexity index is 431. The Labute approximate surface area is 101 Å². The second-order valence-electron chi connectivity index (χ2n) is 4.60. The number of rotatable bonds is 1. The van der Waals surface area contributed by atoms with Crippen molar-refractivity contribution in [3.8, 4) is 0 Å². The SMILES string of the molecule is CC(C)N1CCCC(=O)Nc2cc(F)ccc21. The monoisotopic (exact) mass is 236 g/mol. The Morgan fingerprint density at radius 1 is 1.41 bits per heavy atom. The second kappa shape index (κ2) is 4.73. The van der Waals surface area contributed by atoms with Gasteiger partial charge in [-0.2, -0.15) is 0 Å². The van der Waals surface area contributed by atoms with E-state index in [-0.39, 0.29) is 11.7 Å². The van der Waals surface area contributed by atoms with Gasteiger partial charge in [-0.3, -0.25) is 4.79 Å². The zero-order chi connectivity index (χ0) is 12.4. The van der Waals surface area contributed by atoms with Crippen molar-refractivity contribution < 1.29 is 9.18 Å². The summed E-state index contributed by atoms with van der Waals surface area (Å²) in [6.45, 7) is 5.01. The smallest absolute Gasteiger partial charge is 0.224 e. The van der Waals surface area contributed by atoms with Crippen LogP contribution in [0.15, 0.2) is 18.2 Å². The largest absolute Gasteiger partial charge is 0.367 e. The molecule has 1 aliphatic heterocycles. The number of benzene rings is 1. The number of carbonyl (C=O) groups excluding carboxylic acids is 1. The summed E-state index contributed by atoms with van der Waals surface area (Å²) in [7, 11) is 0. The van der Waals surface area contributed by atoms with Gasteiger partial charge in [-0.1, -0.05) is 0 Å². The minimum atomic E-state index is -0.326. The van der Waals surface area contributed by atoms with E-state index in [4.69, 9.17) is 0 Å². The minimum absolute atomic E-state index is 0.0414. The maximum Gasteiger partial charge on any atom is 0.224 e. The maximum absolute atomic E-state index is 13.2. The van der Waals surface area contributed by atoms with Crippen LogP contribution in [0.2, 0.25) is 0 Å². The molecule has 1 aromatic carbocycles. The normalized spacial score (nSPS) is 16.2. The molecule has 0 spiro atoms. The van der Waals surface area contributed by atoms with Crippen molar-refractivity contribution in [2.75, 3.05) is 16.8 Å². The van der Waals surface area contributed by atoms with E-state index in [0.29, 0.717) is 18.2 Å². The predicted molar refractivity (Wildman–Crippen MR) is 66.7 cm³/mol. The van der Waals surface area contributed by atoms with E-state index in [1.54, 1.807) is 6.07 Å². The van der Waals surface area contributed by atoms with Crippen LogP contribution < -0.4 is 10.2 Å². The van der Waals surface area contributed by atoms with Gasteiger partial charge in [0, 0.05) is 19.0 Å². The Morgan fingerprint density at radius 2 is 2.18 bits per heavy atom. The van der Waals surface area contributed by atoms with E-state index in [2.05, 4.69) is 24.1 Å². The molecule has 0 saturated carbocycles. The molecule has 3 nitrogen and oxygen atoms in total. The van der Waals surface area contributed by atoms with Gasteiger partial charge in [-0.25, -0.2) is 4.39 Å². The molecule has 2 rings (SSSR count). The molecule has 0 saturated heterocycles. The molecule has 0 unspecified atom stereocenters. The number of hydrogen-bond donors (Lipinski definition) is 1. The summed E-state index contributed by atoms with van der Waals surface area (Å²) in [5, 5.41) is 2.77. The first-order valence-corrected chi connectivity index (χ1v) is 5.94. The zero-order valence-electron chi connectivity index (χ0n) is 10.2. The first-order chi connectivity index (χ1) is 8.08. The van der Waals surface area contributed by atoms with Gasteiger partial charge in [0.15, 0.2) is 0 Å². The van der Waals surface area contributed by atoms with Gasteiger partial charge < -0.3 is 10.2 Å². The van der Waals surface area contributed by atoms with Crippen LogP contribution in [0.5, 0.6) is 0 Å². The van der Waals surface area contributed by atoms with Crippen LogP contribution in [0, 0.1) is 5.82 Å². The third kappa shape index (κ3) is 2.57. The van der Waals surface area contributed by atoms with Crippen LogP contribution >= 0.6 is 0 Å². The fourth-order valence-corrected chi connectivity index (χ4v) is 2.14. The summed E-state index contributed by atoms with van der Waals surface area (Å²) in [4.78, 5) is 13.7. The highest BCUT2D eigenvalue weighted by atomic mass is 19.1. The molecule has 1 heterocycles. The molecule has 1 N–H and O–H groups in total. The molecule has 4 heteroatoms. The third-order valence-corrected chi connectivity index (χ3v) is 2.97. The number of fused-ring (bicyclic) bond motifs is 1. The van der Waals surface area contributed by atoms with Crippen LogP contribution in [0.1, 0.15) is 26.7 Å². The van der Waals surface area contributed by atoms with Crippen LogP contribution in [0.25, 0.3) is 0 Å². The van der Waals surface area contributed by atoms with Gasteiger partial charge in [0.1, 0.15) is 5.82 Å². The van der Waals surface area contributed by atoms with Crippen LogP contribution in [-0.2, 0) is 4.79 Å². The van der Waals surface area contributed by atoms with Gasteiger partial charge in [0.25, 0.3) is 0 Å². The lowest BCUT2D eigenvalue weighted by molar-refractivity contribution is -0.116. The number of amides is 1. The zero-order valence-corrected chi connectivity index (χ0v) is 10.2. The maximum atomic E-state index is 13.2. The van der Waals surface area contributed by atoms with Crippen LogP contribution in [-0.4, -0.2) is 18.5 Å². The van der Waals surface area contributed by atoms with Crippen molar-refractivity contribution >= 4 is 17.3 Å². The molecule has 92 valence electrons. The van der Waals surface area contributed by atoms with Crippen molar-refractivity contribution in [2.45, 2.75) is 32.7 Å². The van der Waals surface area contributed by atoms with Crippen LogP contribution in [0.3, 0.4) is 0 Å². The fourth-order valence-electron chi connectivity index (χ4n) is 2.14. The number of halogens is 1. The molecule has 0 aliphatic carbocycles. The molecule has 0 aromatic heterocycles. The fraction of sp³-hybridized carbons (Fsp3) is 0.462. The molecule has 0 radical (unpaired) electrons. The lowest BCUT2D eigenvalue weighted by Gasteiger charge is -2.32. The van der Waals surface area contributed by atoms with Gasteiger partial charge in [-0.15, -0.1) is 0 Å². The lowest BCUT2D eigenvalue weighted by atomic mass is 10.1. The van der Waals surface area contributed by atoms with E-state index in [1.807, 2.05) is 0 Å². The van der Waals surface area contributed by atoms with E-state index in [9.17, 15) is 9.18 Å². The van der Waals surface area contributed by atoms with E-state index >= 15 is 0 Å². The summed E-state index contributed by atoms with van der Waals surface area (Å²) in [5.74, 6) is -0.367. The Kier molecular flexibility index (Phi) is 3.31. The summed E-state index contributed by atoms with van der Waals surface area (Å²) in [5.41, 5.74) is 1.47. The van der Waals surface area contributed by atoms with Crippen molar-refractivity contribution in [3.05, 3.63) is 24.0 Å². The number of hydrogen-bond acceptors (Lipinski definition) is 2. The van der Waals surface area contributed by atoms with Gasteiger partial charge in [0.05, 0.1) is 11.4 Å². The summed E-state index contributed by atoms with van der Waals surface area (Å²) < 4.78 is 13.2. The van der Waals surface area contributed by atoms with Crippen molar-refractivity contribution in [1.82, 2.24) is 0 Å². The molecule has 0 bridgehead atoms. The van der Waals surface area contributed by atoms with Crippen molar-refractivity contribution in [2.24, 2.45) is 0 Å².